The quantitative estimate of drug-likeness (QED) is 0.591. The summed E-state index contributed by atoms with van der Waals surface area (Å²) in [7, 11) is -0.495. The van der Waals surface area contributed by atoms with Crippen LogP contribution in [0.3, 0.4) is 0 Å². The molecule has 0 aromatic rings. The van der Waals surface area contributed by atoms with Gasteiger partial charge in [0.25, 0.3) is 0 Å². The minimum Gasteiger partial charge on any atom is -0.0985 e. The third kappa shape index (κ3) is 3.38. The Labute approximate surface area is 56.1 Å². The number of rotatable bonds is 2. The van der Waals surface area contributed by atoms with Crippen molar-refractivity contribution in [1.29, 1.82) is 0 Å². The van der Waals surface area contributed by atoms with Gasteiger partial charge in [-0.15, -0.1) is 0 Å². The average Bonchev–Trinajstić information content (AvgIpc) is 1.65. The summed E-state index contributed by atoms with van der Waals surface area (Å²) in [5.74, 6) is 0. The van der Waals surface area contributed by atoms with Gasteiger partial charge in [0.2, 0.25) is 0 Å². The highest BCUT2D eigenvalue weighted by atomic mass is 33.1. The maximum absolute atomic E-state index is 4.88. The second kappa shape index (κ2) is 3.75. The molecule has 0 bridgehead atoms. The molecule has 0 fully saturated rings. The molecular weight excluding hydrogens is 144 g/mol. The lowest BCUT2D eigenvalue weighted by molar-refractivity contribution is 0.910. The molecule has 0 spiro atoms. The molecule has 0 aliphatic carbocycles. The molecule has 0 nitrogen and oxygen atoms in total. The number of hydrogen-bond donors (Lipinski definition) is 1. The summed E-state index contributed by atoms with van der Waals surface area (Å²) in [6, 6.07) is 0. The monoisotopic (exact) mass is 154 g/mol. The fourth-order valence-electron chi connectivity index (χ4n) is 0.149. The lowest BCUT2D eigenvalue weighted by Crippen LogP contribution is -1.97. The zero-order valence-corrected chi connectivity index (χ0v) is 7.08. The van der Waals surface area contributed by atoms with Crippen LogP contribution in [0.25, 0.3) is 0 Å². The van der Waals surface area contributed by atoms with Gasteiger partial charge in [0, 0.05) is 5.25 Å². The average molecular weight is 154 g/mol. The highest BCUT2D eigenvalue weighted by Gasteiger charge is 1.90. The van der Waals surface area contributed by atoms with E-state index in [0.29, 0.717) is 5.25 Å². The summed E-state index contributed by atoms with van der Waals surface area (Å²) >= 11 is 9.76. The third-order valence-corrected chi connectivity index (χ3v) is 4.19. The van der Waals surface area contributed by atoms with E-state index >= 15 is 0 Å². The van der Waals surface area contributed by atoms with Crippen molar-refractivity contribution in [2.24, 2.45) is 0 Å². The Morgan fingerprint density at radius 3 is 2.00 bits per heavy atom. The molecule has 0 saturated carbocycles. The zero-order chi connectivity index (χ0) is 5.86. The first kappa shape index (κ1) is 7.79. The molecule has 0 saturated heterocycles. The van der Waals surface area contributed by atoms with Gasteiger partial charge in [0.05, 0.1) is 0 Å². The first-order valence-corrected chi connectivity index (χ1v) is 5.75. The van der Waals surface area contributed by atoms with E-state index in [1.54, 1.807) is 0 Å². The van der Waals surface area contributed by atoms with Gasteiger partial charge in [0.1, 0.15) is 0 Å². The van der Waals surface area contributed by atoms with Gasteiger partial charge in [-0.05, 0) is 28.8 Å². The summed E-state index contributed by atoms with van der Waals surface area (Å²) in [4.78, 5) is 0. The van der Waals surface area contributed by atoms with Crippen molar-refractivity contribution in [3.63, 3.8) is 0 Å². The molecule has 0 unspecified atom stereocenters. The van der Waals surface area contributed by atoms with Gasteiger partial charge < -0.3 is 0 Å². The molecule has 1 atom stereocenters. The SMILES string of the molecule is CC[C@@H](C)[SH](=S)=S. The van der Waals surface area contributed by atoms with Crippen molar-refractivity contribution in [2.45, 2.75) is 25.5 Å². The van der Waals surface area contributed by atoms with E-state index in [9.17, 15) is 0 Å². The van der Waals surface area contributed by atoms with E-state index in [1.165, 1.54) is 0 Å². The summed E-state index contributed by atoms with van der Waals surface area (Å²) in [5.41, 5.74) is 0. The Morgan fingerprint density at radius 1 is 1.57 bits per heavy atom. The predicted octanol–water partition coefficient (Wildman–Crippen LogP) is 1.06. The third-order valence-electron chi connectivity index (χ3n) is 0.951. The van der Waals surface area contributed by atoms with Crippen LogP contribution in [0.4, 0.5) is 0 Å². The van der Waals surface area contributed by atoms with Crippen molar-refractivity contribution in [3.05, 3.63) is 0 Å². The number of hydrogen-bond acceptors (Lipinski definition) is 2. The molecule has 7 heavy (non-hydrogen) atoms. The first-order chi connectivity index (χ1) is 3.18. The van der Waals surface area contributed by atoms with E-state index in [1.807, 2.05) is 0 Å². The molecule has 0 aliphatic rings. The van der Waals surface area contributed by atoms with Crippen molar-refractivity contribution in [2.75, 3.05) is 0 Å². The van der Waals surface area contributed by atoms with Crippen molar-refractivity contribution in [3.8, 4) is 0 Å². The highest BCUT2D eigenvalue weighted by Crippen LogP contribution is 1.91. The summed E-state index contributed by atoms with van der Waals surface area (Å²) in [6.07, 6.45) is 1.14. The van der Waals surface area contributed by atoms with Crippen LogP contribution >= 0.6 is 0 Å². The standard InChI is InChI=1S/C4H10S3/c1-3-4(2)7(5)6/h4,7H,3H2,1-2H3/t4-/m1/s1. The Hall–Kier alpha value is 0.790. The van der Waals surface area contributed by atoms with Crippen molar-refractivity contribution < 1.29 is 0 Å². The Kier molecular flexibility index (Phi) is 4.17. The second-order valence-electron chi connectivity index (χ2n) is 1.54. The molecule has 0 heterocycles. The minimum absolute atomic E-state index is 0.495. The molecule has 0 rings (SSSR count). The van der Waals surface area contributed by atoms with E-state index < -0.39 is 8.01 Å². The molecule has 3 heteroatoms. The van der Waals surface area contributed by atoms with Gasteiger partial charge in [-0.1, -0.05) is 21.9 Å². The van der Waals surface area contributed by atoms with Gasteiger partial charge in [0.15, 0.2) is 0 Å². The van der Waals surface area contributed by atoms with Crippen LogP contribution in [0.2, 0.25) is 0 Å². The van der Waals surface area contributed by atoms with E-state index in [-0.39, 0.29) is 0 Å². The molecule has 0 radical (unpaired) electrons. The maximum Gasteiger partial charge on any atom is 0.00778 e. The molecule has 0 aliphatic heterocycles. The lowest BCUT2D eigenvalue weighted by Gasteiger charge is -1.97. The van der Waals surface area contributed by atoms with Gasteiger partial charge in [-0.2, -0.15) is 0 Å². The molecule has 0 N–H and O–H groups in total. The van der Waals surface area contributed by atoms with E-state index in [0.717, 1.165) is 6.42 Å². The van der Waals surface area contributed by atoms with Crippen LogP contribution in [-0.4, -0.2) is 5.25 Å². The molecule has 44 valence electrons. The smallest absolute Gasteiger partial charge is 0.00778 e. The van der Waals surface area contributed by atoms with Crippen LogP contribution in [0.5, 0.6) is 0 Å². The van der Waals surface area contributed by atoms with E-state index in [4.69, 9.17) is 22.4 Å². The topological polar surface area (TPSA) is 0 Å². The highest BCUT2D eigenvalue weighted by molar-refractivity contribution is 8.46. The Bertz CT molecular complexity index is 95.5. The predicted molar refractivity (Wildman–Crippen MR) is 43.2 cm³/mol. The summed E-state index contributed by atoms with van der Waals surface area (Å²) in [5, 5.41) is 0.597. The Morgan fingerprint density at radius 2 is 2.00 bits per heavy atom. The molecular formula is C4H10S3. The first-order valence-electron chi connectivity index (χ1n) is 2.32. The molecule has 0 aromatic carbocycles. The van der Waals surface area contributed by atoms with Gasteiger partial charge in [-0.3, -0.25) is 0 Å². The number of thiol groups is 1. The van der Waals surface area contributed by atoms with Crippen LogP contribution in [0, 0.1) is 0 Å². The fourth-order valence-corrected chi connectivity index (χ4v) is 1.34. The zero-order valence-electron chi connectivity index (χ0n) is 4.55. The largest absolute Gasteiger partial charge is 0.0985 e. The van der Waals surface area contributed by atoms with E-state index in [2.05, 4.69) is 13.8 Å². The van der Waals surface area contributed by atoms with Crippen LogP contribution in [0.1, 0.15) is 20.3 Å². The van der Waals surface area contributed by atoms with Gasteiger partial charge >= 0.3 is 0 Å². The van der Waals surface area contributed by atoms with Crippen LogP contribution in [0.15, 0.2) is 0 Å². The maximum atomic E-state index is 4.88. The van der Waals surface area contributed by atoms with Gasteiger partial charge in [-0.25, -0.2) is 0 Å². The van der Waals surface area contributed by atoms with Crippen molar-refractivity contribution in [1.82, 2.24) is 0 Å². The Balaban J connectivity index is 3.57. The second-order valence-corrected chi connectivity index (χ2v) is 6.05. The van der Waals surface area contributed by atoms with Crippen molar-refractivity contribution >= 4 is 30.4 Å². The molecule has 0 amide bonds. The van der Waals surface area contributed by atoms with Crippen LogP contribution in [-0.2, 0) is 30.4 Å². The normalized spacial score (nSPS) is 14.7. The summed E-state index contributed by atoms with van der Waals surface area (Å²) in [6.45, 7) is 4.24. The van der Waals surface area contributed by atoms with Crippen LogP contribution < -0.4 is 0 Å². The fraction of sp³-hybridized carbons (Fsp3) is 1.00. The summed E-state index contributed by atoms with van der Waals surface area (Å²) < 4.78 is 0. The lowest BCUT2D eigenvalue weighted by atomic mass is 10.4. The minimum atomic E-state index is -0.495. The molecule has 0 aromatic heterocycles.